The van der Waals surface area contributed by atoms with Crippen LogP contribution in [-0.4, -0.2) is 0 Å². The third-order valence-corrected chi connectivity index (χ3v) is 8.25. The molecule has 0 aromatic heterocycles. The predicted molar refractivity (Wildman–Crippen MR) is 173 cm³/mol. The van der Waals surface area contributed by atoms with Gasteiger partial charge in [-0.05, 0) is 56.1 Å². The van der Waals surface area contributed by atoms with Crippen LogP contribution in [0.15, 0.2) is 158 Å². The van der Waals surface area contributed by atoms with Gasteiger partial charge in [-0.25, -0.2) is 0 Å². The molecule has 2 heteroatoms. The summed E-state index contributed by atoms with van der Waals surface area (Å²) < 4.78 is 0. The van der Waals surface area contributed by atoms with Crippen molar-refractivity contribution in [3.8, 4) is 0 Å². The highest BCUT2D eigenvalue weighted by Gasteiger charge is 2.36. The Kier molecular flexibility index (Phi) is 5.56. The minimum atomic E-state index is -0.115. The van der Waals surface area contributed by atoms with Crippen molar-refractivity contribution in [1.29, 1.82) is 0 Å². The number of rotatable bonds is 4. The largest absolute Gasteiger partial charge is 0.359 e. The van der Waals surface area contributed by atoms with E-state index in [1.165, 1.54) is 54.7 Å². The first kappa shape index (κ1) is 23.5. The minimum Gasteiger partial charge on any atom is -0.359 e. The maximum Gasteiger partial charge on any atom is 0.131 e. The molecule has 1 heterocycles. The third-order valence-electron chi connectivity index (χ3n) is 8.25. The molecule has 1 N–H and O–H groups in total. The monoisotopic (exact) mass is 524 g/mol. The average Bonchev–Trinajstić information content (AvgIpc) is 3.46. The van der Waals surface area contributed by atoms with Crippen LogP contribution in [0.2, 0.25) is 0 Å². The van der Waals surface area contributed by atoms with E-state index in [9.17, 15) is 0 Å². The van der Waals surface area contributed by atoms with Crippen molar-refractivity contribution in [2.45, 2.75) is 6.17 Å². The molecule has 0 saturated heterocycles. The summed E-state index contributed by atoms with van der Waals surface area (Å²) in [4.78, 5) is 2.48. The van der Waals surface area contributed by atoms with Crippen LogP contribution in [0.5, 0.6) is 0 Å². The molecule has 1 atom stereocenters. The standard InChI is InChI=1S/C39H28N2/c1-4-15-28(16-5-1)37-38(29-17-6-2-7-18-29)41(30-19-8-3-9-20-30)39(40-37)36-26-35-31-21-11-10-14-27(31)24-25-34(35)32-22-12-13-23-33(32)36/h1-26,39-40H. The molecule has 41 heavy (non-hydrogen) atoms. The lowest BCUT2D eigenvalue weighted by Gasteiger charge is -2.31. The Morgan fingerprint density at radius 1 is 0.439 bits per heavy atom. The van der Waals surface area contributed by atoms with E-state index in [-0.39, 0.29) is 6.17 Å². The number of nitrogens with zero attached hydrogens (tertiary/aromatic N) is 1. The van der Waals surface area contributed by atoms with Crippen molar-refractivity contribution < 1.29 is 0 Å². The van der Waals surface area contributed by atoms with Crippen molar-refractivity contribution in [2.75, 3.05) is 4.90 Å². The van der Waals surface area contributed by atoms with Gasteiger partial charge in [0.2, 0.25) is 0 Å². The summed E-state index contributed by atoms with van der Waals surface area (Å²) in [5, 5.41) is 11.7. The van der Waals surface area contributed by atoms with E-state index in [0.29, 0.717) is 0 Å². The molecule has 194 valence electrons. The van der Waals surface area contributed by atoms with Crippen LogP contribution in [0.3, 0.4) is 0 Å². The zero-order valence-corrected chi connectivity index (χ0v) is 22.5. The van der Waals surface area contributed by atoms with E-state index < -0.39 is 0 Å². The van der Waals surface area contributed by atoms with Gasteiger partial charge in [-0.15, -0.1) is 0 Å². The summed E-state index contributed by atoms with van der Waals surface area (Å²) in [7, 11) is 0. The molecule has 8 rings (SSSR count). The van der Waals surface area contributed by atoms with Gasteiger partial charge in [0.15, 0.2) is 0 Å². The highest BCUT2D eigenvalue weighted by molar-refractivity contribution is 6.18. The van der Waals surface area contributed by atoms with E-state index in [1.807, 2.05) is 0 Å². The fourth-order valence-corrected chi connectivity index (χ4v) is 6.42. The van der Waals surface area contributed by atoms with Gasteiger partial charge in [0.05, 0.1) is 11.4 Å². The highest BCUT2D eigenvalue weighted by Crippen LogP contribution is 2.46. The normalized spacial score (nSPS) is 15.1. The van der Waals surface area contributed by atoms with Gasteiger partial charge in [-0.1, -0.05) is 140 Å². The lowest BCUT2D eigenvalue weighted by Crippen LogP contribution is -2.29. The summed E-state index contributed by atoms with van der Waals surface area (Å²) >= 11 is 0. The fraction of sp³-hybridized carbons (Fsp3) is 0.0256. The van der Waals surface area contributed by atoms with Gasteiger partial charge < -0.3 is 10.2 Å². The van der Waals surface area contributed by atoms with Gasteiger partial charge in [-0.2, -0.15) is 0 Å². The first-order valence-electron chi connectivity index (χ1n) is 14.2. The number of hydrogen-bond acceptors (Lipinski definition) is 2. The van der Waals surface area contributed by atoms with Crippen molar-refractivity contribution in [1.82, 2.24) is 5.32 Å². The van der Waals surface area contributed by atoms with Crippen LogP contribution in [-0.2, 0) is 0 Å². The van der Waals surface area contributed by atoms with Crippen molar-refractivity contribution in [3.05, 3.63) is 174 Å². The van der Waals surface area contributed by atoms with Crippen LogP contribution in [0.4, 0.5) is 5.69 Å². The second-order valence-electron chi connectivity index (χ2n) is 10.6. The number of fused-ring (bicyclic) bond motifs is 5. The summed E-state index contributed by atoms with van der Waals surface area (Å²) in [6.07, 6.45) is -0.115. The molecule has 0 radical (unpaired) electrons. The molecule has 7 aromatic rings. The molecule has 1 aliphatic heterocycles. The Hall–Kier alpha value is -5.34. The van der Waals surface area contributed by atoms with Gasteiger partial charge in [0.25, 0.3) is 0 Å². The Morgan fingerprint density at radius 2 is 1.00 bits per heavy atom. The molecular formula is C39H28N2. The lowest BCUT2D eigenvalue weighted by atomic mass is 9.92. The van der Waals surface area contributed by atoms with Gasteiger partial charge in [-0.3, -0.25) is 0 Å². The maximum absolute atomic E-state index is 4.03. The van der Waals surface area contributed by atoms with Crippen LogP contribution in [0, 0.1) is 0 Å². The Morgan fingerprint density at radius 3 is 1.73 bits per heavy atom. The van der Waals surface area contributed by atoms with Crippen molar-refractivity contribution in [2.24, 2.45) is 0 Å². The predicted octanol–water partition coefficient (Wildman–Crippen LogP) is 9.78. The molecule has 1 unspecified atom stereocenters. The molecule has 1 aliphatic rings. The summed E-state index contributed by atoms with van der Waals surface area (Å²) in [5.74, 6) is 0. The van der Waals surface area contributed by atoms with Crippen LogP contribution < -0.4 is 10.2 Å². The second kappa shape index (κ2) is 9.69. The highest BCUT2D eigenvalue weighted by atomic mass is 15.3. The fourth-order valence-electron chi connectivity index (χ4n) is 6.42. The summed E-state index contributed by atoms with van der Waals surface area (Å²) in [6.45, 7) is 0. The van der Waals surface area contributed by atoms with E-state index in [1.54, 1.807) is 0 Å². The lowest BCUT2D eigenvalue weighted by molar-refractivity contribution is 0.685. The number of para-hydroxylation sites is 1. The Bertz CT molecular complexity index is 2060. The third kappa shape index (κ3) is 3.88. The maximum atomic E-state index is 4.03. The Balaban J connectivity index is 1.45. The molecule has 7 aromatic carbocycles. The quantitative estimate of drug-likeness (QED) is 0.231. The Labute approximate surface area is 239 Å². The van der Waals surface area contributed by atoms with E-state index >= 15 is 0 Å². The van der Waals surface area contributed by atoms with E-state index in [4.69, 9.17) is 0 Å². The van der Waals surface area contributed by atoms with Gasteiger partial charge in [0.1, 0.15) is 6.17 Å². The smallest absolute Gasteiger partial charge is 0.131 e. The number of nitrogens with one attached hydrogen (secondary N) is 1. The zero-order chi connectivity index (χ0) is 27.2. The number of anilines is 1. The van der Waals surface area contributed by atoms with E-state index in [0.717, 1.165) is 11.4 Å². The SMILES string of the molecule is c1ccc(C2=C(c3ccccc3)N(c3ccccc3)C(c3cc4c5ccccc5ccc4c4ccccc34)N2)cc1. The van der Waals surface area contributed by atoms with Gasteiger partial charge >= 0.3 is 0 Å². The van der Waals surface area contributed by atoms with Crippen molar-refractivity contribution in [3.63, 3.8) is 0 Å². The summed E-state index contributed by atoms with van der Waals surface area (Å²) in [5.41, 5.74) is 7.07. The second-order valence-corrected chi connectivity index (χ2v) is 10.6. The van der Waals surface area contributed by atoms with Crippen molar-refractivity contribution >= 4 is 49.4 Å². The van der Waals surface area contributed by atoms with Gasteiger partial charge in [0, 0.05) is 16.8 Å². The zero-order valence-electron chi connectivity index (χ0n) is 22.5. The average molecular weight is 525 g/mol. The molecule has 0 spiro atoms. The number of benzene rings is 7. The van der Waals surface area contributed by atoms with Crippen LogP contribution in [0.1, 0.15) is 22.9 Å². The first-order chi connectivity index (χ1) is 20.4. The molecule has 0 bridgehead atoms. The molecular weight excluding hydrogens is 496 g/mol. The number of hydrogen-bond donors (Lipinski definition) is 1. The topological polar surface area (TPSA) is 15.3 Å². The molecule has 2 nitrogen and oxygen atoms in total. The molecule has 0 aliphatic carbocycles. The molecule has 0 amide bonds. The van der Waals surface area contributed by atoms with Crippen LogP contribution >= 0.6 is 0 Å². The van der Waals surface area contributed by atoms with Crippen LogP contribution in [0.25, 0.3) is 43.7 Å². The van der Waals surface area contributed by atoms with E-state index in [2.05, 4.69) is 168 Å². The summed E-state index contributed by atoms with van der Waals surface area (Å²) in [6, 6.07) is 56.7. The first-order valence-corrected chi connectivity index (χ1v) is 14.2. The molecule has 0 fully saturated rings. The minimum absolute atomic E-state index is 0.115. The molecule has 0 saturated carbocycles.